The van der Waals surface area contributed by atoms with Crippen molar-refractivity contribution in [1.29, 1.82) is 0 Å². The second kappa shape index (κ2) is 40.0. The molecule has 0 spiro atoms. The first-order valence-electron chi connectivity index (χ1n) is 21.0. The zero-order chi connectivity index (χ0) is 32.7. The molecule has 0 aromatic heterocycles. The SMILES string of the molecule is CCCCCCCCCONCCCCCCN(CCO)CCCCCCCC(CCCCCCCC)CCCCCCCC. The average molecular weight is 639 g/mol. The molecular formula is C41H86N2O2. The van der Waals surface area contributed by atoms with Crippen LogP contribution in [0.15, 0.2) is 0 Å². The molecule has 0 unspecified atom stereocenters. The Morgan fingerprint density at radius 3 is 1.27 bits per heavy atom. The van der Waals surface area contributed by atoms with Crippen molar-refractivity contribution < 1.29 is 9.94 Å². The third-order valence-electron chi connectivity index (χ3n) is 9.89. The van der Waals surface area contributed by atoms with Crippen LogP contribution in [0.4, 0.5) is 0 Å². The number of hydrogen-bond acceptors (Lipinski definition) is 4. The van der Waals surface area contributed by atoms with Crippen LogP contribution in [0.25, 0.3) is 0 Å². The van der Waals surface area contributed by atoms with Crippen LogP contribution in [0.5, 0.6) is 0 Å². The third-order valence-corrected chi connectivity index (χ3v) is 9.89. The number of aliphatic hydroxyl groups excluding tert-OH is 1. The lowest BCUT2D eigenvalue weighted by molar-refractivity contribution is 0.0376. The summed E-state index contributed by atoms with van der Waals surface area (Å²) in [6.45, 7) is 12.2. The fraction of sp³-hybridized carbons (Fsp3) is 1.00. The predicted molar refractivity (Wildman–Crippen MR) is 201 cm³/mol. The summed E-state index contributed by atoms with van der Waals surface area (Å²) in [4.78, 5) is 8.10. The molecule has 0 heterocycles. The molecule has 0 atom stereocenters. The Bertz CT molecular complexity index is 502. The molecule has 0 aliphatic heterocycles. The van der Waals surface area contributed by atoms with Gasteiger partial charge in [0.15, 0.2) is 0 Å². The fourth-order valence-corrected chi connectivity index (χ4v) is 6.80. The zero-order valence-corrected chi connectivity index (χ0v) is 31.5. The lowest BCUT2D eigenvalue weighted by Crippen LogP contribution is -2.29. The van der Waals surface area contributed by atoms with Gasteiger partial charge in [-0.15, -0.1) is 0 Å². The molecular weight excluding hydrogens is 552 g/mol. The molecule has 4 nitrogen and oxygen atoms in total. The first kappa shape index (κ1) is 44.8. The number of rotatable bonds is 40. The largest absolute Gasteiger partial charge is 0.395 e. The Morgan fingerprint density at radius 1 is 0.444 bits per heavy atom. The highest BCUT2D eigenvalue weighted by Crippen LogP contribution is 2.25. The Labute approximate surface area is 285 Å². The van der Waals surface area contributed by atoms with E-state index >= 15 is 0 Å². The van der Waals surface area contributed by atoms with Gasteiger partial charge in [-0.05, 0) is 44.7 Å². The molecule has 0 saturated heterocycles. The summed E-state index contributed by atoms with van der Waals surface area (Å²) in [5, 5.41) is 9.55. The first-order valence-corrected chi connectivity index (χ1v) is 21.0. The van der Waals surface area contributed by atoms with Crippen molar-refractivity contribution in [1.82, 2.24) is 10.4 Å². The summed E-state index contributed by atoms with van der Waals surface area (Å²) in [7, 11) is 0. The van der Waals surface area contributed by atoms with Gasteiger partial charge in [0.25, 0.3) is 0 Å². The van der Waals surface area contributed by atoms with Crippen LogP contribution in [-0.2, 0) is 4.84 Å². The standard InChI is InChI=1S/C41H86N2O2/c1-4-7-10-13-16-24-31-40-45-42-35-28-21-23-30-37-43(38-39-44)36-29-22-17-20-27-34-41(32-25-18-14-11-8-5-2)33-26-19-15-12-9-6-3/h41-42,44H,4-40H2,1-3H3. The maximum absolute atomic E-state index is 9.55. The van der Waals surface area contributed by atoms with Crippen molar-refractivity contribution in [3.63, 3.8) is 0 Å². The van der Waals surface area contributed by atoms with Gasteiger partial charge in [-0.25, -0.2) is 5.48 Å². The van der Waals surface area contributed by atoms with Crippen molar-refractivity contribution >= 4 is 0 Å². The number of nitrogens with zero attached hydrogens (tertiary/aromatic N) is 1. The smallest absolute Gasteiger partial charge is 0.0682 e. The number of hydrogen-bond donors (Lipinski definition) is 2. The first-order chi connectivity index (χ1) is 22.3. The summed E-state index contributed by atoms with van der Waals surface area (Å²) in [5.41, 5.74) is 3.16. The van der Waals surface area contributed by atoms with Gasteiger partial charge < -0.3 is 14.8 Å². The summed E-state index contributed by atoms with van der Waals surface area (Å²) in [6.07, 6.45) is 42.9. The van der Waals surface area contributed by atoms with Crippen molar-refractivity contribution in [3.05, 3.63) is 0 Å². The van der Waals surface area contributed by atoms with Crippen LogP contribution in [0.3, 0.4) is 0 Å². The van der Waals surface area contributed by atoms with Gasteiger partial charge in [0.2, 0.25) is 0 Å². The fourth-order valence-electron chi connectivity index (χ4n) is 6.80. The van der Waals surface area contributed by atoms with Crippen LogP contribution < -0.4 is 5.48 Å². The molecule has 0 bridgehead atoms. The second-order valence-electron chi connectivity index (χ2n) is 14.4. The van der Waals surface area contributed by atoms with Gasteiger partial charge in [-0.3, -0.25) is 0 Å². The minimum absolute atomic E-state index is 0.290. The van der Waals surface area contributed by atoms with Gasteiger partial charge in [0.1, 0.15) is 0 Å². The van der Waals surface area contributed by atoms with Crippen LogP contribution >= 0.6 is 0 Å². The number of hydroxylamine groups is 1. The van der Waals surface area contributed by atoms with Gasteiger partial charge in [-0.1, -0.05) is 194 Å². The molecule has 0 saturated carbocycles. The zero-order valence-electron chi connectivity index (χ0n) is 31.5. The number of nitrogens with one attached hydrogen (secondary N) is 1. The van der Waals surface area contributed by atoms with Crippen LogP contribution in [0.1, 0.15) is 220 Å². The van der Waals surface area contributed by atoms with Gasteiger partial charge in [-0.2, -0.15) is 0 Å². The van der Waals surface area contributed by atoms with E-state index in [2.05, 4.69) is 31.2 Å². The molecule has 0 aliphatic rings. The highest BCUT2D eigenvalue weighted by atomic mass is 16.6. The van der Waals surface area contributed by atoms with Crippen molar-refractivity contribution in [3.8, 4) is 0 Å². The molecule has 0 amide bonds. The van der Waals surface area contributed by atoms with Gasteiger partial charge in [0, 0.05) is 13.1 Å². The van der Waals surface area contributed by atoms with Crippen LogP contribution in [-0.4, -0.2) is 49.4 Å². The van der Waals surface area contributed by atoms with Crippen molar-refractivity contribution in [2.24, 2.45) is 5.92 Å². The maximum atomic E-state index is 9.55. The molecule has 0 fully saturated rings. The minimum atomic E-state index is 0.290. The Hall–Kier alpha value is -0.160. The molecule has 0 aliphatic carbocycles. The summed E-state index contributed by atoms with van der Waals surface area (Å²) in [6, 6.07) is 0. The van der Waals surface area contributed by atoms with Gasteiger partial charge >= 0.3 is 0 Å². The topological polar surface area (TPSA) is 44.7 Å². The Balaban J connectivity index is 3.82. The van der Waals surface area contributed by atoms with E-state index in [4.69, 9.17) is 4.84 Å². The van der Waals surface area contributed by atoms with E-state index in [1.165, 1.54) is 199 Å². The summed E-state index contributed by atoms with van der Waals surface area (Å²) < 4.78 is 0. The quantitative estimate of drug-likeness (QED) is 0.0518. The third kappa shape index (κ3) is 36.5. The van der Waals surface area contributed by atoms with E-state index in [9.17, 15) is 5.11 Å². The number of aliphatic hydroxyl groups is 1. The lowest BCUT2D eigenvalue weighted by Gasteiger charge is -2.21. The van der Waals surface area contributed by atoms with E-state index in [-0.39, 0.29) is 0 Å². The van der Waals surface area contributed by atoms with Crippen molar-refractivity contribution in [2.75, 3.05) is 39.4 Å². The predicted octanol–water partition coefficient (Wildman–Crippen LogP) is 12.6. The molecule has 2 N–H and O–H groups in total. The van der Waals surface area contributed by atoms with E-state index in [1.54, 1.807) is 0 Å². The van der Waals surface area contributed by atoms with Crippen molar-refractivity contribution in [2.45, 2.75) is 220 Å². The maximum Gasteiger partial charge on any atom is 0.0682 e. The highest BCUT2D eigenvalue weighted by molar-refractivity contribution is 4.63. The molecule has 272 valence electrons. The van der Waals surface area contributed by atoms with E-state index < -0.39 is 0 Å². The monoisotopic (exact) mass is 639 g/mol. The minimum Gasteiger partial charge on any atom is -0.395 e. The molecule has 45 heavy (non-hydrogen) atoms. The van der Waals surface area contributed by atoms with E-state index in [1.807, 2.05) is 0 Å². The van der Waals surface area contributed by atoms with Crippen LogP contribution in [0, 0.1) is 5.92 Å². The van der Waals surface area contributed by atoms with E-state index in [0.717, 1.165) is 38.7 Å². The lowest BCUT2D eigenvalue weighted by atomic mass is 9.89. The molecule has 0 radical (unpaired) electrons. The highest BCUT2D eigenvalue weighted by Gasteiger charge is 2.09. The molecule has 0 aromatic rings. The number of unbranched alkanes of at least 4 members (excludes halogenated alkanes) is 23. The second-order valence-corrected chi connectivity index (χ2v) is 14.4. The van der Waals surface area contributed by atoms with Gasteiger partial charge in [0.05, 0.1) is 13.2 Å². The van der Waals surface area contributed by atoms with Crippen LogP contribution in [0.2, 0.25) is 0 Å². The molecule has 0 rings (SSSR count). The Kier molecular flexibility index (Phi) is 39.9. The summed E-state index contributed by atoms with van der Waals surface area (Å²) in [5.74, 6) is 0.987. The molecule has 0 aromatic carbocycles. The Morgan fingerprint density at radius 2 is 0.822 bits per heavy atom. The average Bonchev–Trinajstić information content (AvgIpc) is 3.05. The van der Waals surface area contributed by atoms with E-state index in [0.29, 0.717) is 6.61 Å². The normalized spacial score (nSPS) is 11.9. The molecule has 4 heteroatoms. The summed E-state index contributed by atoms with van der Waals surface area (Å²) >= 11 is 0.